The molecule has 0 aromatic heterocycles. The van der Waals surface area contributed by atoms with Gasteiger partial charge in [0.25, 0.3) is 0 Å². The minimum absolute atomic E-state index is 0.277. The average Bonchev–Trinajstić information content (AvgIpc) is 2.23. The first kappa shape index (κ1) is 9.45. The maximum Gasteiger partial charge on any atom is 0.136 e. The van der Waals surface area contributed by atoms with Gasteiger partial charge in [0.15, 0.2) is 0 Å². The summed E-state index contributed by atoms with van der Waals surface area (Å²) in [5.74, 6) is 0.736. The lowest BCUT2D eigenvalue weighted by atomic mass is 9.84. The molecular weight excluding hydrogens is 172 g/mol. The Labute approximate surface area is 85.1 Å². The number of carbonyl (C=O) groups excluding carboxylic acids is 1. The molecule has 14 heavy (non-hydrogen) atoms. The summed E-state index contributed by atoms with van der Waals surface area (Å²) in [5.41, 5.74) is 1.24. The van der Waals surface area contributed by atoms with Crippen LogP contribution in [0.3, 0.4) is 0 Å². The van der Waals surface area contributed by atoms with E-state index in [0.717, 1.165) is 25.7 Å². The molecule has 1 nitrogen and oxygen atoms in total. The molecule has 0 spiro atoms. The molecule has 0 bridgehead atoms. The number of hydrogen-bond donors (Lipinski definition) is 0. The van der Waals surface area contributed by atoms with Crippen LogP contribution in [0, 0.1) is 12.0 Å². The number of benzene rings is 1. The van der Waals surface area contributed by atoms with Gasteiger partial charge in [-0.3, -0.25) is 4.79 Å². The molecule has 1 heteroatoms. The molecule has 73 valence electrons. The Morgan fingerprint density at radius 2 is 2.36 bits per heavy atom. The van der Waals surface area contributed by atoms with Gasteiger partial charge < -0.3 is 0 Å². The third kappa shape index (κ3) is 2.22. The lowest BCUT2D eigenvalue weighted by molar-refractivity contribution is -0.124. The third-order valence-corrected chi connectivity index (χ3v) is 2.93. The highest BCUT2D eigenvalue weighted by Crippen LogP contribution is 2.23. The third-order valence-electron chi connectivity index (χ3n) is 2.93. The van der Waals surface area contributed by atoms with Crippen molar-refractivity contribution in [3.63, 3.8) is 0 Å². The Balaban J connectivity index is 2.00. The van der Waals surface area contributed by atoms with Crippen molar-refractivity contribution in [2.75, 3.05) is 0 Å². The molecule has 0 aliphatic heterocycles. The topological polar surface area (TPSA) is 17.1 Å². The van der Waals surface area contributed by atoms with E-state index in [0.29, 0.717) is 5.78 Å². The van der Waals surface area contributed by atoms with Crippen molar-refractivity contribution in [2.24, 2.45) is 5.92 Å². The number of hydrogen-bond acceptors (Lipinski definition) is 1. The smallest absolute Gasteiger partial charge is 0.136 e. The quantitative estimate of drug-likeness (QED) is 0.695. The average molecular weight is 187 g/mol. The molecule has 0 N–H and O–H groups in total. The van der Waals surface area contributed by atoms with Crippen LogP contribution >= 0.6 is 0 Å². The molecule has 1 aliphatic rings. The van der Waals surface area contributed by atoms with Crippen molar-refractivity contribution < 1.29 is 4.79 Å². The molecule has 1 radical (unpaired) electrons. The summed E-state index contributed by atoms with van der Waals surface area (Å²) in [4.78, 5) is 11.6. The molecule has 1 fully saturated rings. The first-order valence-corrected chi connectivity index (χ1v) is 5.34. The Hall–Kier alpha value is -1.11. The number of carbonyl (C=O) groups is 1. The van der Waals surface area contributed by atoms with Crippen LogP contribution in [0.5, 0.6) is 0 Å². The summed E-state index contributed by atoms with van der Waals surface area (Å²) in [6.45, 7) is 0. The van der Waals surface area contributed by atoms with E-state index in [1.807, 2.05) is 18.2 Å². The first-order valence-electron chi connectivity index (χ1n) is 5.34. The Bertz CT molecular complexity index is 302. The minimum atomic E-state index is 0.277. The molecule has 1 saturated carbocycles. The van der Waals surface area contributed by atoms with Crippen LogP contribution in [-0.2, 0) is 11.2 Å². The van der Waals surface area contributed by atoms with E-state index in [2.05, 4.69) is 12.1 Å². The standard InChI is InChI=1S/C13H15O/c14-13-9-5-4-8-12(13)10-11-6-2-1-3-7-11/h1-2,6-7,12H,4-5,8-10H2. The molecule has 0 amide bonds. The molecule has 1 atom stereocenters. The van der Waals surface area contributed by atoms with Gasteiger partial charge in [-0.15, -0.1) is 0 Å². The maximum atomic E-state index is 11.6. The fourth-order valence-electron chi connectivity index (χ4n) is 2.11. The number of Topliss-reactive ketones (excluding diaryl/α,β-unsaturated/α-hetero) is 1. The largest absolute Gasteiger partial charge is 0.299 e. The van der Waals surface area contributed by atoms with Crippen molar-refractivity contribution in [2.45, 2.75) is 32.1 Å². The number of ketones is 1. The summed E-state index contributed by atoms with van der Waals surface area (Å²) >= 11 is 0. The van der Waals surface area contributed by atoms with E-state index >= 15 is 0 Å². The van der Waals surface area contributed by atoms with Gasteiger partial charge in [-0.1, -0.05) is 30.7 Å². The van der Waals surface area contributed by atoms with Crippen LogP contribution in [0.25, 0.3) is 0 Å². The zero-order valence-corrected chi connectivity index (χ0v) is 8.33. The zero-order valence-electron chi connectivity index (χ0n) is 8.33. The molecule has 0 heterocycles. The lowest BCUT2D eigenvalue weighted by Gasteiger charge is -2.20. The highest BCUT2D eigenvalue weighted by molar-refractivity contribution is 5.81. The molecule has 1 aliphatic carbocycles. The highest BCUT2D eigenvalue weighted by atomic mass is 16.1. The van der Waals surface area contributed by atoms with Crippen LogP contribution < -0.4 is 0 Å². The Morgan fingerprint density at radius 1 is 1.43 bits per heavy atom. The second-order valence-electron chi connectivity index (χ2n) is 4.02. The maximum absolute atomic E-state index is 11.6. The second-order valence-corrected chi connectivity index (χ2v) is 4.02. The fraction of sp³-hybridized carbons (Fsp3) is 0.462. The number of rotatable bonds is 2. The highest BCUT2D eigenvalue weighted by Gasteiger charge is 2.21. The van der Waals surface area contributed by atoms with Crippen LogP contribution in [0.4, 0.5) is 0 Å². The molecule has 1 unspecified atom stereocenters. The first-order chi connectivity index (χ1) is 6.86. The predicted octanol–water partition coefficient (Wildman–Crippen LogP) is 2.79. The Morgan fingerprint density at radius 3 is 3.07 bits per heavy atom. The van der Waals surface area contributed by atoms with Gasteiger partial charge in [-0.05, 0) is 30.9 Å². The van der Waals surface area contributed by atoms with Gasteiger partial charge in [-0.2, -0.15) is 0 Å². The summed E-state index contributed by atoms with van der Waals surface area (Å²) in [5, 5.41) is 0. The van der Waals surface area contributed by atoms with E-state index in [-0.39, 0.29) is 5.92 Å². The van der Waals surface area contributed by atoms with Crippen LogP contribution in [-0.4, -0.2) is 5.78 Å². The van der Waals surface area contributed by atoms with Gasteiger partial charge in [0.1, 0.15) is 5.78 Å². The minimum Gasteiger partial charge on any atom is -0.299 e. The van der Waals surface area contributed by atoms with Gasteiger partial charge >= 0.3 is 0 Å². The van der Waals surface area contributed by atoms with E-state index in [9.17, 15) is 4.79 Å². The van der Waals surface area contributed by atoms with E-state index in [1.54, 1.807) is 0 Å². The van der Waals surface area contributed by atoms with Crippen LogP contribution in [0.15, 0.2) is 24.3 Å². The van der Waals surface area contributed by atoms with Gasteiger partial charge in [0.05, 0.1) is 0 Å². The Kier molecular flexibility index (Phi) is 2.97. The summed E-state index contributed by atoms with van der Waals surface area (Å²) in [7, 11) is 0. The van der Waals surface area contributed by atoms with Crippen molar-refractivity contribution >= 4 is 5.78 Å². The molecule has 1 aromatic rings. The van der Waals surface area contributed by atoms with Crippen LogP contribution in [0.1, 0.15) is 31.2 Å². The molecule has 1 aromatic carbocycles. The zero-order chi connectivity index (χ0) is 9.80. The van der Waals surface area contributed by atoms with Crippen molar-refractivity contribution in [1.82, 2.24) is 0 Å². The van der Waals surface area contributed by atoms with Gasteiger partial charge in [-0.25, -0.2) is 0 Å². The van der Waals surface area contributed by atoms with Crippen molar-refractivity contribution in [3.05, 3.63) is 35.9 Å². The molecule has 0 saturated heterocycles. The van der Waals surface area contributed by atoms with E-state index in [4.69, 9.17) is 0 Å². The molecule has 2 rings (SSSR count). The van der Waals surface area contributed by atoms with Gasteiger partial charge in [0.2, 0.25) is 0 Å². The summed E-state index contributed by atoms with van der Waals surface area (Å²) in [6.07, 6.45) is 5.09. The van der Waals surface area contributed by atoms with E-state index in [1.165, 1.54) is 12.0 Å². The van der Waals surface area contributed by atoms with Crippen molar-refractivity contribution in [1.29, 1.82) is 0 Å². The fourth-order valence-corrected chi connectivity index (χ4v) is 2.11. The lowest BCUT2D eigenvalue weighted by Crippen LogP contribution is -2.20. The predicted molar refractivity (Wildman–Crippen MR) is 55.9 cm³/mol. The SMILES string of the molecule is O=C1CCCCC1Cc1c[c]ccc1. The van der Waals surface area contributed by atoms with Crippen molar-refractivity contribution in [3.8, 4) is 0 Å². The molecular formula is C13H15O. The monoisotopic (exact) mass is 187 g/mol. The summed E-state index contributed by atoms with van der Waals surface area (Å²) in [6, 6.07) is 11.0. The summed E-state index contributed by atoms with van der Waals surface area (Å²) < 4.78 is 0. The normalized spacial score (nSPS) is 22.3. The van der Waals surface area contributed by atoms with E-state index < -0.39 is 0 Å². The van der Waals surface area contributed by atoms with Crippen LogP contribution in [0.2, 0.25) is 0 Å². The second kappa shape index (κ2) is 4.41. The van der Waals surface area contributed by atoms with Gasteiger partial charge in [0, 0.05) is 12.3 Å².